The van der Waals surface area contributed by atoms with Gasteiger partial charge in [0.05, 0.1) is 25.2 Å². The zero-order valence-corrected chi connectivity index (χ0v) is 12.7. The summed E-state index contributed by atoms with van der Waals surface area (Å²) in [6, 6.07) is 0. The predicted octanol–water partition coefficient (Wildman–Crippen LogP) is 0.713. The smallest absolute Gasteiger partial charge is 0.335 e. The van der Waals surface area contributed by atoms with Crippen molar-refractivity contribution < 1.29 is 29.0 Å². The van der Waals surface area contributed by atoms with E-state index >= 15 is 0 Å². The Balaban J connectivity index is 2.69. The van der Waals surface area contributed by atoms with Crippen LogP contribution in [-0.4, -0.2) is 43.7 Å². The second kappa shape index (κ2) is 5.88. The Hall–Kier alpha value is -2.21. The third kappa shape index (κ3) is 2.20. The highest BCUT2D eigenvalue weighted by molar-refractivity contribution is 6.13. The molecule has 2 rings (SSSR count). The van der Waals surface area contributed by atoms with Gasteiger partial charge >= 0.3 is 11.9 Å². The van der Waals surface area contributed by atoms with E-state index in [2.05, 4.69) is 0 Å². The molecule has 0 unspecified atom stereocenters. The van der Waals surface area contributed by atoms with Crippen molar-refractivity contribution in [1.29, 1.82) is 0 Å². The number of ether oxygens (including phenoxy) is 2. The van der Waals surface area contributed by atoms with E-state index in [1.165, 1.54) is 20.3 Å². The van der Waals surface area contributed by atoms with Crippen molar-refractivity contribution >= 4 is 17.7 Å². The Morgan fingerprint density at radius 3 is 2.45 bits per heavy atom. The third-order valence-electron chi connectivity index (χ3n) is 4.23. The van der Waals surface area contributed by atoms with Crippen LogP contribution in [0.25, 0.3) is 0 Å². The summed E-state index contributed by atoms with van der Waals surface area (Å²) in [4.78, 5) is 36.9. The number of aliphatic hydroxyl groups is 1. The van der Waals surface area contributed by atoms with Crippen molar-refractivity contribution in [2.24, 2.45) is 11.3 Å². The molecule has 22 heavy (non-hydrogen) atoms. The maximum atomic E-state index is 12.7. The zero-order chi connectivity index (χ0) is 16.5. The third-order valence-corrected chi connectivity index (χ3v) is 4.23. The number of carbonyl (C=O) groups is 3. The van der Waals surface area contributed by atoms with Crippen LogP contribution < -0.4 is 0 Å². The molecule has 0 aromatic heterocycles. The molecule has 0 aromatic rings. The summed E-state index contributed by atoms with van der Waals surface area (Å²) < 4.78 is 9.47. The lowest BCUT2D eigenvalue weighted by Crippen LogP contribution is -2.40. The van der Waals surface area contributed by atoms with Crippen molar-refractivity contribution in [2.75, 3.05) is 20.8 Å². The normalized spacial score (nSPS) is 27.2. The van der Waals surface area contributed by atoms with Gasteiger partial charge in [0.2, 0.25) is 0 Å². The highest BCUT2D eigenvalue weighted by Crippen LogP contribution is 2.51. The van der Waals surface area contributed by atoms with E-state index in [1.54, 1.807) is 19.1 Å². The molecule has 2 atom stereocenters. The Kier molecular flexibility index (Phi) is 4.32. The lowest BCUT2D eigenvalue weighted by molar-refractivity contribution is -0.140. The second-order valence-electron chi connectivity index (χ2n) is 5.38. The first-order chi connectivity index (χ1) is 10.4. The summed E-state index contributed by atoms with van der Waals surface area (Å²) in [6.45, 7) is 1.41. The Bertz CT molecular complexity index is 625. The number of methoxy groups -OCH3 is 2. The molecule has 6 nitrogen and oxygen atoms in total. The molecule has 0 fully saturated rings. The summed E-state index contributed by atoms with van der Waals surface area (Å²) in [5.41, 5.74) is -0.585. The number of rotatable bonds is 3. The molecule has 0 heterocycles. The number of hydrogen-bond acceptors (Lipinski definition) is 6. The SMILES string of the molecule is COC(=O)C1=C(C(=O)OC)[C@]2(C=CC(C)=CC2=O)[C@@H](CO)C1. The van der Waals surface area contributed by atoms with E-state index in [1.807, 2.05) is 0 Å². The van der Waals surface area contributed by atoms with Gasteiger partial charge in [-0.25, -0.2) is 9.59 Å². The van der Waals surface area contributed by atoms with Crippen LogP contribution in [0.3, 0.4) is 0 Å². The summed E-state index contributed by atoms with van der Waals surface area (Å²) in [5, 5.41) is 9.67. The molecular formula is C16H18O6. The average Bonchev–Trinajstić information content (AvgIpc) is 2.85. The number of carbonyl (C=O) groups excluding carboxylic acids is 3. The maximum absolute atomic E-state index is 12.7. The van der Waals surface area contributed by atoms with Gasteiger partial charge < -0.3 is 14.6 Å². The Labute approximate surface area is 128 Å². The lowest BCUT2D eigenvalue weighted by atomic mass is 9.68. The van der Waals surface area contributed by atoms with Crippen LogP contribution in [0.1, 0.15) is 13.3 Å². The zero-order valence-electron chi connectivity index (χ0n) is 12.7. The van der Waals surface area contributed by atoms with Crippen LogP contribution in [0, 0.1) is 11.3 Å². The molecule has 0 amide bonds. The molecule has 0 aromatic carbocycles. The Morgan fingerprint density at radius 1 is 1.32 bits per heavy atom. The number of allylic oxidation sites excluding steroid dienone is 4. The quantitative estimate of drug-likeness (QED) is 0.772. The summed E-state index contributed by atoms with van der Waals surface area (Å²) in [5.74, 6) is -2.40. The highest BCUT2D eigenvalue weighted by atomic mass is 16.5. The molecule has 0 radical (unpaired) electrons. The molecule has 118 valence electrons. The number of ketones is 1. The maximum Gasteiger partial charge on any atom is 0.335 e. The molecule has 2 aliphatic rings. The molecule has 6 heteroatoms. The van der Waals surface area contributed by atoms with E-state index < -0.39 is 23.3 Å². The first-order valence-electron chi connectivity index (χ1n) is 6.85. The molecule has 0 saturated heterocycles. The van der Waals surface area contributed by atoms with Crippen LogP contribution in [0.2, 0.25) is 0 Å². The standard InChI is InChI=1S/C16H18O6/c1-9-4-5-16(12(18)6-9)10(8-17)7-11(14(19)21-2)13(16)15(20)22-3/h4-6,10,17H,7-8H2,1-3H3/t10-,16-/m1/s1. The van der Waals surface area contributed by atoms with E-state index in [0.717, 1.165) is 5.57 Å². The number of hydrogen-bond donors (Lipinski definition) is 1. The first kappa shape index (κ1) is 16.2. The van der Waals surface area contributed by atoms with Gasteiger partial charge in [-0.05, 0) is 25.0 Å². The number of aliphatic hydroxyl groups excluding tert-OH is 1. The fraction of sp³-hybridized carbons (Fsp3) is 0.438. The van der Waals surface area contributed by atoms with Gasteiger partial charge in [-0.1, -0.05) is 12.2 Å². The second-order valence-corrected chi connectivity index (χ2v) is 5.38. The van der Waals surface area contributed by atoms with Crippen molar-refractivity contribution in [3.63, 3.8) is 0 Å². The minimum Gasteiger partial charge on any atom is -0.466 e. The van der Waals surface area contributed by atoms with Crippen LogP contribution in [0.5, 0.6) is 0 Å². The number of esters is 2. The molecule has 1 spiro atoms. The largest absolute Gasteiger partial charge is 0.466 e. The first-order valence-corrected chi connectivity index (χ1v) is 6.85. The van der Waals surface area contributed by atoms with Crippen LogP contribution in [0.4, 0.5) is 0 Å². The van der Waals surface area contributed by atoms with Gasteiger partial charge in [0.25, 0.3) is 0 Å². The molecule has 0 aliphatic heterocycles. The molecule has 0 saturated carbocycles. The van der Waals surface area contributed by atoms with E-state index in [0.29, 0.717) is 0 Å². The molecular weight excluding hydrogens is 288 g/mol. The topological polar surface area (TPSA) is 89.9 Å². The molecule has 2 aliphatic carbocycles. The molecule has 0 bridgehead atoms. The molecule has 1 N–H and O–H groups in total. The van der Waals surface area contributed by atoms with Gasteiger partial charge in [-0.2, -0.15) is 0 Å². The van der Waals surface area contributed by atoms with Crippen molar-refractivity contribution in [2.45, 2.75) is 13.3 Å². The summed E-state index contributed by atoms with van der Waals surface area (Å²) in [6.07, 6.45) is 4.77. The van der Waals surface area contributed by atoms with E-state index in [9.17, 15) is 19.5 Å². The van der Waals surface area contributed by atoms with Crippen LogP contribution >= 0.6 is 0 Å². The van der Waals surface area contributed by atoms with Crippen LogP contribution in [0.15, 0.2) is 34.9 Å². The van der Waals surface area contributed by atoms with Crippen LogP contribution in [-0.2, 0) is 23.9 Å². The van der Waals surface area contributed by atoms with E-state index in [4.69, 9.17) is 9.47 Å². The monoisotopic (exact) mass is 306 g/mol. The van der Waals surface area contributed by atoms with E-state index in [-0.39, 0.29) is 30.0 Å². The minimum absolute atomic E-state index is 0.0362. The van der Waals surface area contributed by atoms with Gasteiger partial charge in [-0.15, -0.1) is 0 Å². The lowest BCUT2D eigenvalue weighted by Gasteiger charge is -2.33. The fourth-order valence-electron chi connectivity index (χ4n) is 3.14. The Morgan fingerprint density at radius 2 is 1.95 bits per heavy atom. The predicted molar refractivity (Wildman–Crippen MR) is 76.6 cm³/mol. The van der Waals surface area contributed by atoms with Crippen molar-refractivity contribution in [1.82, 2.24) is 0 Å². The van der Waals surface area contributed by atoms with Gasteiger partial charge in [0.1, 0.15) is 0 Å². The summed E-state index contributed by atoms with van der Waals surface area (Å²) in [7, 11) is 2.38. The van der Waals surface area contributed by atoms with Crippen molar-refractivity contribution in [3.05, 3.63) is 34.9 Å². The fourth-order valence-corrected chi connectivity index (χ4v) is 3.14. The minimum atomic E-state index is -1.37. The highest BCUT2D eigenvalue weighted by Gasteiger charge is 2.56. The van der Waals surface area contributed by atoms with Gasteiger partial charge in [-0.3, -0.25) is 4.79 Å². The van der Waals surface area contributed by atoms with Gasteiger partial charge in [0.15, 0.2) is 5.78 Å². The summed E-state index contributed by atoms with van der Waals surface area (Å²) >= 11 is 0. The van der Waals surface area contributed by atoms with Crippen molar-refractivity contribution in [3.8, 4) is 0 Å². The average molecular weight is 306 g/mol. The van der Waals surface area contributed by atoms with Gasteiger partial charge in [0, 0.05) is 18.1 Å².